The van der Waals surface area contributed by atoms with E-state index in [1.54, 1.807) is 44.2 Å². The Balaban J connectivity index is 1.53. The molecule has 1 fully saturated rings. The van der Waals surface area contributed by atoms with Crippen LogP contribution in [0.5, 0.6) is 5.75 Å². The van der Waals surface area contributed by atoms with Crippen LogP contribution in [0.2, 0.25) is 0 Å². The van der Waals surface area contributed by atoms with Gasteiger partial charge in [0.05, 0.1) is 18.1 Å². The third kappa shape index (κ3) is 6.05. The number of anilines is 2. The molecule has 4 rings (SSSR count). The van der Waals surface area contributed by atoms with Gasteiger partial charge in [0.2, 0.25) is 0 Å². The van der Waals surface area contributed by atoms with Crippen molar-refractivity contribution in [3.05, 3.63) is 92.8 Å². The van der Waals surface area contributed by atoms with E-state index < -0.39 is 10.7 Å². The number of halogens is 1. The van der Waals surface area contributed by atoms with Gasteiger partial charge in [0.15, 0.2) is 5.78 Å². The molecule has 1 aliphatic rings. The highest BCUT2D eigenvalue weighted by Gasteiger charge is 2.24. The van der Waals surface area contributed by atoms with E-state index in [0.29, 0.717) is 53.6 Å². The van der Waals surface area contributed by atoms with Crippen LogP contribution in [0.1, 0.15) is 27.0 Å². The first kappa shape index (κ1) is 25.3. The molecule has 0 aliphatic carbocycles. The summed E-state index contributed by atoms with van der Waals surface area (Å²) in [7, 11) is 0. The van der Waals surface area contributed by atoms with Crippen molar-refractivity contribution in [1.29, 1.82) is 0 Å². The SMILES string of the molecule is Cc1cc(F)ccc1Nc1ccc(C(=O)c2cc(OCCN3CCOCC3)ccc2C)c([N+](=O)[O-])c1. The number of carbonyl (C=O) groups excluding carboxylic acids is 1. The van der Waals surface area contributed by atoms with Gasteiger partial charge < -0.3 is 14.8 Å². The van der Waals surface area contributed by atoms with Gasteiger partial charge in [0.1, 0.15) is 23.7 Å². The maximum atomic E-state index is 13.4. The van der Waals surface area contributed by atoms with E-state index in [0.717, 1.165) is 19.6 Å². The van der Waals surface area contributed by atoms with Gasteiger partial charge in [-0.05, 0) is 67.4 Å². The summed E-state index contributed by atoms with van der Waals surface area (Å²) in [6.07, 6.45) is 0. The molecule has 188 valence electrons. The van der Waals surface area contributed by atoms with Gasteiger partial charge in [-0.1, -0.05) is 6.07 Å². The second kappa shape index (κ2) is 11.3. The fraction of sp³-hybridized carbons (Fsp3) is 0.296. The molecule has 0 bridgehead atoms. The average Bonchev–Trinajstić information content (AvgIpc) is 2.87. The summed E-state index contributed by atoms with van der Waals surface area (Å²) in [4.78, 5) is 26.9. The average molecular weight is 494 g/mol. The fourth-order valence-electron chi connectivity index (χ4n) is 4.07. The lowest BCUT2D eigenvalue weighted by Crippen LogP contribution is -2.38. The molecule has 0 atom stereocenters. The Morgan fingerprint density at radius 2 is 1.83 bits per heavy atom. The third-order valence-corrected chi connectivity index (χ3v) is 6.14. The predicted octanol–water partition coefficient (Wildman–Crippen LogP) is 5.04. The molecule has 1 aliphatic heterocycles. The van der Waals surface area contributed by atoms with E-state index >= 15 is 0 Å². The number of rotatable bonds is 9. The molecule has 0 spiro atoms. The van der Waals surface area contributed by atoms with Crippen LogP contribution >= 0.6 is 0 Å². The quantitative estimate of drug-likeness (QED) is 0.254. The second-order valence-corrected chi connectivity index (χ2v) is 8.68. The molecule has 0 unspecified atom stereocenters. The van der Waals surface area contributed by atoms with Crippen molar-refractivity contribution in [2.45, 2.75) is 13.8 Å². The van der Waals surface area contributed by atoms with Crippen LogP contribution in [0.3, 0.4) is 0 Å². The third-order valence-electron chi connectivity index (χ3n) is 6.14. The van der Waals surface area contributed by atoms with Gasteiger partial charge in [-0.3, -0.25) is 19.8 Å². The van der Waals surface area contributed by atoms with Crippen LogP contribution < -0.4 is 10.1 Å². The maximum Gasteiger partial charge on any atom is 0.282 e. The van der Waals surface area contributed by atoms with Crippen molar-refractivity contribution < 1.29 is 23.6 Å². The van der Waals surface area contributed by atoms with Gasteiger partial charge in [-0.2, -0.15) is 0 Å². The fourth-order valence-corrected chi connectivity index (χ4v) is 4.07. The molecule has 0 amide bonds. The minimum Gasteiger partial charge on any atom is -0.492 e. The first-order valence-corrected chi connectivity index (χ1v) is 11.7. The first-order valence-electron chi connectivity index (χ1n) is 11.7. The molecule has 36 heavy (non-hydrogen) atoms. The van der Waals surface area contributed by atoms with Gasteiger partial charge in [0, 0.05) is 42.6 Å². The summed E-state index contributed by atoms with van der Waals surface area (Å²) in [6.45, 7) is 7.85. The van der Waals surface area contributed by atoms with Crippen LogP contribution in [0.15, 0.2) is 54.6 Å². The number of hydrogen-bond donors (Lipinski definition) is 1. The Hall–Kier alpha value is -3.82. The maximum absolute atomic E-state index is 13.4. The van der Waals surface area contributed by atoms with E-state index in [2.05, 4.69) is 10.2 Å². The molecular formula is C27H28FN3O5. The predicted molar refractivity (Wildman–Crippen MR) is 135 cm³/mol. The van der Waals surface area contributed by atoms with Crippen molar-refractivity contribution in [3.63, 3.8) is 0 Å². The van der Waals surface area contributed by atoms with Crippen LogP contribution in [-0.4, -0.2) is 55.1 Å². The number of aryl methyl sites for hydroxylation is 2. The number of carbonyl (C=O) groups is 1. The molecule has 0 radical (unpaired) electrons. The van der Waals surface area contributed by atoms with Gasteiger partial charge in [-0.25, -0.2) is 4.39 Å². The molecule has 1 heterocycles. The van der Waals surface area contributed by atoms with Crippen LogP contribution in [0.4, 0.5) is 21.5 Å². The van der Waals surface area contributed by atoms with E-state index in [9.17, 15) is 19.3 Å². The Bertz CT molecular complexity index is 1270. The van der Waals surface area contributed by atoms with E-state index in [1.165, 1.54) is 24.3 Å². The largest absolute Gasteiger partial charge is 0.492 e. The lowest BCUT2D eigenvalue weighted by atomic mass is 9.97. The minimum atomic E-state index is -0.575. The van der Waals surface area contributed by atoms with Gasteiger partial charge >= 0.3 is 0 Å². The molecule has 9 heteroatoms. The molecule has 1 N–H and O–H groups in total. The lowest BCUT2D eigenvalue weighted by Gasteiger charge is -2.26. The number of benzene rings is 3. The normalized spacial score (nSPS) is 13.9. The van der Waals surface area contributed by atoms with Crippen LogP contribution in [-0.2, 0) is 4.74 Å². The van der Waals surface area contributed by atoms with Crippen molar-refractivity contribution >= 4 is 22.8 Å². The molecule has 8 nitrogen and oxygen atoms in total. The zero-order chi connectivity index (χ0) is 25.7. The summed E-state index contributed by atoms with van der Waals surface area (Å²) in [5, 5.41) is 14.9. The number of hydrogen-bond acceptors (Lipinski definition) is 7. The highest BCUT2D eigenvalue weighted by Crippen LogP contribution is 2.30. The van der Waals surface area contributed by atoms with Crippen molar-refractivity contribution in [2.75, 3.05) is 44.8 Å². The van der Waals surface area contributed by atoms with Crippen molar-refractivity contribution in [1.82, 2.24) is 4.90 Å². The summed E-state index contributed by atoms with van der Waals surface area (Å²) in [5.41, 5.74) is 2.39. The Labute approximate surface area is 208 Å². The second-order valence-electron chi connectivity index (χ2n) is 8.68. The lowest BCUT2D eigenvalue weighted by molar-refractivity contribution is -0.385. The zero-order valence-corrected chi connectivity index (χ0v) is 20.3. The summed E-state index contributed by atoms with van der Waals surface area (Å²) in [5.74, 6) is -0.292. The number of nitrogens with one attached hydrogen (secondary N) is 1. The Kier molecular flexibility index (Phi) is 7.92. The Morgan fingerprint density at radius 3 is 2.56 bits per heavy atom. The number of ether oxygens (including phenoxy) is 2. The van der Waals surface area contributed by atoms with E-state index in [1.807, 2.05) is 0 Å². The smallest absolute Gasteiger partial charge is 0.282 e. The van der Waals surface area contributed by atoms with Crippen molar-refractivity contribution in [2.24, 2.45) is 0 Å². The van der Waals surface area contributed by atoms with Crippen LogP contribution in [0.25, 0.3) is 0 Å². The number of morpholine rings is 1. The van der Waals surface area contributed by atoms with Gasteiger partial charge in [-0.15, -0.1) is 0 Å². The minimum absolute atomic E-state index is 0.0186. The topological polar surface area (TPSA) is 93.9 Å². The number of nitro benzene ring substituents is 1. The number of ketones is 1. The van der Waals surface area contributed by atoms with E-state index in [4.69, 9.17) is 9.47 Å². The van der Waals surface area contributed by atoms with Crippen LogP contribution in [0, 0.1) is 29.8 Å². The summed E-state index contributed by atoms with van der Waals surface area (Å²) < 4.78 is 24.6. The highest BCUT2D eigenvalue weighted by atomic mass is 19.1. The molecule has 3 aromatic rings. The number of nitrogens with zero attached hydrogens (tertiary/aromatic N) is 2. The monoisotopic (exact) mass is 493 g/mol. The first-order chi connectivity index (χ1) is 17.3. The molecule has 0 saturated carbocycles. The van der Waals surface area contributed by atoms with Crippen molar-refractivity contribution in [3.8, 4) is 5.75 Å². The zero-order valence-electron chi connectivity index (χ0n) is 20.3. The van der Waals surface area contributed by atoms with Gasteiger partial charge in [0.25, 0.3) is 5.69 Å². The van der Waals surface area contributed by atoms with E-state index in [-0.39, 0.29) is 17.1 Å². The molecular weight excluding hydrogens is 465 g/mol. The standard InChI is InChI=1S/C27H28FN3O5/c1-18-3-6-22(36-14-11-30-9-12-35-13-10-30)17-24(18)27(32)23-7-5-21(16-26(23)31(33)34)29-25-8-4-20(28)15-19(25)2/h3-8,15-17,29H,9-14H2,1-2H3. The summed E-state index contributed by atoms with van der Waals surface area (Å²) in [6, 6.07) is 13.8. The molecule has 0 aromatic heterocycles. The molecule has 1 saturated heterocycles. The highest BCUT2D eigenvalue weighted by molar-refractivity contribution is 6.12. The summed E-state index contributed by atoms with van der Waals surface area (Å²) >= 11 is 0. The molecule has 3 aromatic carbocycles. The Morgan fingerprint density at radius 1 is 1.06 bits per heavy atom. The number of nitro groups is 1.